The number of nitrogen functional groups attached to an aromatic ring is 1. The molecule has 1 aromatic rings. The van der Waals surface area contributed by atoms with Crippen molar-refractivity contribution >= 4 is 21.2 Å². The molecular weight excluding hydrogens is 257 g/mol. The average Bonchev–Trinajstić information content (AvgIpc) is 2.13. The number of alkyl halides is 3. The van der Waals surface area contributed by atoms with Gasteiger partial charge in [0.25, 0.3) is 0 Å². The van der Waals surface area contributed by atoms with Crippen LogP contribution in [0.5, 0.6) is 0 Å². The van der Waals surface area contributed by atoms with Crippen molar-refractivity contribution in [3.05, 3.63) is 18.2 Å². The van der Waals surface area contributed by atoms with Crippen LogP contribution in [0.1, 0.15) is 0 Å². The van der Waals surface area contributed by atoms with Crippen LogP contribution in [-0.2, 0) is 9.84 Å². The number of anilines is 2. The van der Waals surface area contributed by atoms with E-state index in [1.807, 2.05) is 0 Å². The third kappa shape index (κ3) is 3.81. The molecule has 0 amide bonds. The second-order valence-electron chi connectivity index (χ2n) is 3.46. The molecule has 0 aliphatic rings. The summed E-state index contributed by atoms with van der Waals surface area (Å²) in [6.07, 6.45) is -3.46. The Hall–Kier alpha value is -1.44. The van der Waals surface area contributed by atoms with Crippen LogP contribution in [0.25, 0.3) is 0 Å². The van der Waals surface area contributed by atoms with Crippen LogP contribution >= 0.6 is 0 Å². The van der Waals surface area contributed by atoms with Crippen LogP contribution in [0.3, 0.4) is 0 Å². The standard InChI is InChI=1S/C9H11F3N2O2S/c1-17(15,16)7-4-2-3-6(8(7)13)14-5-9(10,11)12/h2-4,14H,5,13H2,1H3. The van der Waals surface area contributed by atoms with Crippen molar-refractivity contribution in [1.29, 1.82) is 0 Å². The van der Waals surface area contributed by atoms with E-state index < -0.39 is 22.6 Å². The largest absolute Gasteiger partial charge is 0.405 e. The van der Waals surface area contributed by atoms with Crippen LogP contribution in [0.15, 0.2) is 23.1 Å². The Balaban J connectivity index is 3.04. The normalized spacial score (nSPS) is 12.5. The highest BCUT2D eigenvalue weighted by atomic mass is 32.2. The molecule has 0 radical (unpaired) electrons. The molecule has 0 fully saturated rings. The second kappa shape index (κ2) is 4.44. The third-order valence-electron chi connectivity index (χ3n) is 1.94. The van der Waals surface area contributed by atoms with Gasteiger partial charge in [-0.1, -0.05) is 6.07 Å². The van der Waals surface area contributed by atoms with Crippen molar-refractivity contribution in [2.45, 2.75) is 11.1 Å². The second-order valence-corrected chi connectivity index (χ2v) is 5.44. The minimum Gasteiger partial charge on any atom is -0.396 e. The highest BCUT2D eigenvalue weighted by molar-refractivity contribution is 7.90. The molecule has 3 N–H and O–H groups in total. The molecule has 1 aromatic carbocycles. The first-order valence-corrected chi connectivity index (χ1v) is 6.39. The predicted octanol–water partition coefficient (Wildman–Crippen LogP) is 1.65. The zero-order chi connectivity index (χ0) is 13.3. The Bertz CT molecular complexity index is 511. The summed E-state index contributed by atoms with van der Waals surface area (Å²) in [5.41, 5.74) is 5.23. The van der Waals surface area contributed by atoms with Crippen LogP contribution in [0, 0.1) is 0 Å². The number of sulfone groups is 1. The molecule has 0 unspecified atom stereocenters. The average molecular weight is 268 g/mol. The molecule has 0 spiro atoms. The van der Waals surface area contributed by atoms with Gasteiger partial charge in [0.1, 0.15) is 6.54 Å². The monoisotopic (exact) mass is 268 g/mol. The van der Waals surface area contributed by atoms with Crippen LogP contribution in [-0.4, -0.2) is 27.4 Å². The van der Waals surface area contributed by atoms with Crippen molar-refractivity contribution < 1.29 is 21.6 Å². The minimum atomic E-state index is -4.40. The van der Waals surface area contributed by atoms with Gasteiger partial charge in [-0.25, -0.2) is 8.42 Å². The molecule has 0 atom stereocenters. The van der Waals surface area contributed by atoms with Gasteiger partial charge in [-0.15, -0.1) is 0 Å². The predicted molar refractivity (Wildman–Crippen MR) is 58.5 cm³/mol. The number of hydrogen-bond acceptors (Lipinski definition) is 4. The van der Waals surface area contributed by atoms with E-state index in [2.05, 4.69) is 5.32 Å². The fraction of sp³-hybridized carbons (Fsp3) is 0.333. The van der Waals surface area contributed by atoms with Gasteiger partial charge in [0.05, 0.1) is 16.3 Å². The maximum Gasteiger partial charge on any atom is 0.405 e. The number of hydrogen-bond donors (Lipinski definition) is 2. The summed E-state index contributed by atoms with van der Waals surface area (Å²) in [6, 6.07) is 3.85. The highest BCUT2D eigenvalue weighted by Gasteiger charge is 2.27. The Kier molecular flexibility index (Phi) is 3.56. The van der Waals surface area contributed by atoms with Crippen LogP contribution in [0.2, 0.25) is 0 Å². The van der Waals surface area contributed by atoms with E-state index in [0.717, 1.165) is 6.26 Å². The summed E-state index contributed by atoms with van der Waals surface area (Å²) >= 11 is 0. The Labute approximate surface area is 96.5 Å². The van der Waals surface area contributed by atoms with E-state index in [1.54, 1.807) is 0 Å². The number of nitrogens with one attached hydrogen (secondary N) is 1. The Morgan fingerprint density at radius 3 is 2.41 bits per heavy atom. The van der Waals surface area contributed by atoms with Crippen molar-refractivity contribution in [1.82, 2.24) is 0 Å². The molecule has 0 aliphatic carbocycles. The molecule has 4 nitrogen and oxygen atoms in total. The number of rotatable bonds is 3. The van der Waals surface area contributed by atoms with Crippen LogP contribution in [0.4, 0.5) is 24.5 Å². The molecule has 0 saturated carbocycles. The fourth-order valence-corrected chi connectivity index (χ4v) is 2.05. The van der Waals surface area contributed by atoms with Crippen molar-refractivity contribution in [2.24, 2.45) is 0 Å². The van der Waals surface area contributed by atoms with Gasteiger partial charge in [0.15, 0.2) is 9.84 Å². The first-order chi connectivity index (χ1) is 7.61. The summed E-state index contributed by atoms with van der Waals surface area (Å²) in [7, 11) is -3.56. The van der Waals surface area contributed by atoms with Crippen LogP contribution < -0.4 is 11.1 Å². The van der Waals surface area contributed by atoms with Gasteiger partial charge in [-0.3, -0.25) is 0 Å². The van der Waals surface area contributed by atoms with E-state index >= 15 is 0 Å². The van der Waals surface area contributed by atoms with E-state index in [1.165, 1.54) is 18.2 Å². The Morgan fingerprint density at radius 2 is 1.94 bits per heavy atom. The summed E-state index contributed by atoms with van der Waals surface area (Å²) in [5.74, 6) is 0. The lowest BCUT2D eigenvalue weighted by molar-refractivity contribution is -0.115. The number of nitrogens with two attached hydrogens (primary N) is 1. The minimum absolute atomic E-state index is 0.0507. The lowest BCUT2D eigenvalue weighted by atomic mass is 10.2. The molecular formula is C9H11F3N2O2S. The van der Waals surface area contributed by atoms with Gasteiger partial charge in [-0.05, 0) is 12.1 Å². The molecule has 1 rings (SSSR count). The molecule has 8 heteroatoms. The Morgan fingerprint density at radius 1 is 1.35 bits per heavy atom. The first kappa shape index (κ1) is 13.6. The quantitative estimate of drug-likeness (QED) is 0.817. The number of benzene rings is 1. The summed E-state index contributed by atoms with van der Waals surface area (Å²) in [4.78, 5) is -0.190. The summed E-state index contributed by atoms with van der Waals surface area (Å²) < 4.78 is 58.5. The third-order valence-corrected chi connectivity index (χ3v) is 3.10. The van der Waals surface area contributed by atoms with E-state index in [4.69, 9.17) is 5.73 Å². The number of para-hydroxylation sites is 1. The van der Waals surface area contributed by atoms with Gasteiger partial charge >= 0.3 is 6.18 Å². The van der Waals surface area contributed by atoms with E-state index in [-0.39, 0.29) is 16.3 Å². The molecule has 0 heterocycles. The van der Waals surface area contributed by atoms with Gasteiger partial charge < -0.3 is 11.1 Å². The topological polar surface area (TPSA) is 72.2 Å². The lowest BCUT2D eigenvalue weighted by Crippen LogP contribution is -2.22. The fourth-order valence-electron chi connectivity index (χ4n) is 1.22. The molecule has 0 aromatic heterocycles. The molecule has 96 valence electrons. The molecule has 0 bridgehead atoms. The van der Waals surface area contributed by atoms with Gasteiger partial charge in [-0.2, -0.15) is 13.2 Å². The summed E-state index contributed by atoms with van der Waals surface area (Å²) in [5, 5.41) is 2.05. The van der Waals surface area contributed by atoms with Gasteiger partial charge in [0.2, 0.25) is 0 Å². The highest BCUT2D eigenvalue weighted by Crippen LogP contribution is 2.27. The molecule has 0 saturated heterocycles. The smallest absolute Gasteiger partial charge is 0.396 e. The number of halogens is 3. The SMILES string of the molecule is CS(=O)(=O)c1cccc(NCC(F)(F)F)c1N. The molecule has 0 aliphatic heterocycles. The zero-order valence-electron chi connectivity index (χ0n) is 8.88. The van der Waals surface area contributed by atoms with E-state index in [0.29, 0.717) is 0 Å². The maximum atomic E-state index is 12.0. The van der Waals surface area contributed by atoms with Crippen molar-refractivity contribution in [3.8, 4) is 0 Å². The zero-order valence-corrected chi connectivity index (χ0v) is 9.69. The molecule has 17 heavy (non-hydrogen) atoms. The van der Waals surface area contributed by atoms with E-state index in [9.17, 15) is 21.6 Å². The van der Waals surface area contributed by atoms with Crippen molar-refractivity contribution in [2.75, 3.05) is 23.9 Å². The lowest BCUT2D eigenvalue weighted by Gasteiger charge is -2.13. The van der Waals surface area contributed by atoms with Crippen molar-refractivity contribution in [3.63, 3.8) is 0 Å². The maximum absolute atomic E-state index is 12.0. The van der Waals surface area contributed by atoms with Gasteiger partial charge in [0, 0.05) is 6.26 Å². The summed E-state index contributed by atoms with van der Waals surface area (Å²) in [6.45, 7) is -1.27. The first-order valence-electron chi connectivity index (χ1n) is 4.50.